The summed E-state index contributed by atoms with van der Waals surface area (Å²) in [5.41, 5.74) is 2.54. The molecule has 34 heavy (non-hydrogen) atoms. The predicted octanol–water partition coefficient (Wildman–Crippen LogP) is 3.17. The third kappa shape index (κ3) is 8.09. The Labute approximate surface area is 222 Å². The molecular formula is C26H40IN7. The van der Waals surface area contributed by atoms with Gasteiger partial charge in [-0.15, -0.1) is 24.0 Å². The summed E-state index contributed by atoms with van der Waals surface area (Å²) < 4.78 is 0. The Morgan fingerprint density at radius 1 is 0.971 bits per heavy atom. The third-order valence-electron chi connectivity index (χ3n) is 6.58. The van der Waals surface area contributed by atoms with Gasteiger partial charge in [-0.1, -0.05) is 36.4 Å². The number of benzene rings is 1. The normalized spacial score (nSPS) is 18.4. The van der Waals surface area contributed by atoms with Crippen molar-refractivity contribution in [2.75, 3.05) is 57.8 Å². The smallest absolute Gasteiger partial charge is 0.191 e. The van der Waals surface area contributed by atoms with Crippen LogP contribution >= 0.6 is 24.0 Å². The van der Waals surface area contributed by atoms with Crippen LogP contribution in [0.25, 0.3) is 0 Å². The lowest BCUT2D eigenvalue weighted by Crippen LogP contribution is -2.48. The van der Waals surface area contributed by atoms with Crippen molar-refractivity contribution < 1.29 is 0 Å². The van der Waals surface area contributed by atoms with Crippen LogP contribution in [0.4, 0.5) is 5.82 Å². The molecule has 1 aromatic carbocycles. The van der Waals surface area contributed by atoms with E-state index in [2.05, 4.69) is 81.8 Å². The monoisotopic (exact) mass is 577 g/mol. The van der Waals surface area contributed by atoms with E-state index in [1.807, 2.05) is 6.20 Å². The number of likely N-dealkylation sites (N-methyl/N-ethyl adjacent to an activating group) is 1. The molecule has 0 amide bonds. The highest BCUT2D eigenvalue weighted by Gasteiger charge is 2.20. The maximum atomic E-state index is 4.84. The number of guanidine groups is 1. The predicted molar refractivity (Wildman–Crippen MR) is 152 cm³/mol. The molecule has 2 aliphatic rings. The number of piperazine rings is 1. The van der Waals surface area contributed by atoms with E-state index in [9.17, 15) is 0 Å². The molecule has 2 aliphatic heterocycles. The maximum Gasteiger partial charge on any atom is 0.191 e. The summed E-state index contributed by atoms with van der Waals surface area (Å²) in [4.78, 5) is 16.8. The molecule has 186 valence electrons. The van der Waals surface area contributed by atoms with E-state index in [0.29, 0.717) is 12.6 Å². The molecule has 0 spiro atoms. The zero-order chi connectivity index (χ0) is 22.9. The summed E-state index contributed by atoms with van der Waals surface area (Å²) >= 11 is 0. The van der Waals surface area contributed by atoms with Crippen LogP contribution in [0.2, 0.25) is 0 Å². The molecule has 8 heteroatoms. The number of pyridine rings is 1. The summed E-state index contributed by atoms with van der Waals surface area (Å²) in [6.45, 7) is 11.2. The fourth-order valence-corrected chi connectivity index (χ4v) is 4.49. The Morgan fingerprint density at radius 2 is 1.71 bits per heavy atom. The van der Waals surface area contributed by atoms with Gasteiger partial charge in [0.15, 0.2) is 5.96 Å². The number of aliphatic imine (C=N–C) groups is 1. The molecule has 0 unspecified atom stereocenters. The van der Waals surface area contributed by atoms with Crippen LogP contribution in [0.1, 0.15) is 30.9 Å². The van der Waals surface area contributed by atoms with Crippen molar-refractivity contribution in [2.24, 2.45) is 4.99 Å². The summed E-state index contributed by atoms with van der Waals surface area (Å²) in [5, 5.41) is 7.07. The Bertz CT molecular complexity index is 858. The Hall–Kier alpha value is -1.91. The van der Waals surface area contributed by atoms with Gasteiger partial charge >= 0.3 is 0 Å². The highest BCUT2D eigenvalue weighted by atomic mass is 127. The zero-order valence-corrected chi connectivity index (χ0v) is 22.9. The third-order valence-corrected chi connectivity index (χ3v) is 6.58. The first kappa shape index (κ1) is 26.7. The second kappa shape index (κ2) is 13.8. The zero-order valence-electron chi connectivity index (χ0n) is 20.6. The highest BCUT2D eigenvalue weighted by molar-refractivity contribution is 14.0. The Morgan fingerprint density at radius 3 is 2.35 bits per heavy atom. The molecule has 2 N–H and O–H groups in total. The summed E-state index contributed by atoms with van der Waals surface area (Å²) in [6.07, 6.45) is 4.25. The molecule has 0 saturated carbocycles. The number of hydrogen-bond acceptors (Lipinski definition) is 5. The van der Waals surface area contributed by atoms with Gasteiger partial charge in [0, 0.05) is 64.6 Å². The molecule has 0 radical (unpaired) electrons. The molecule has 2 aromatic rings. The van der Waals surface area contributed by atoms with E-state index in [0.717, 1.165) is 82.5 Å². The van der Waals surface area contributed by atoms with Gasteiger partial charge < -0.3 is 20.4 Å². The van der Waals surface area contributed by atoms with Gasteiger partial charge in [-0.3, -0.25) is 4.90 Å². The first-order chi connectivity index (χ1) is 16.2. The van der Waals surface area contributed by atoms with Gasteiger partial charge in [0.25, 0.3) is 0 Å². The van der Waals surface area contributed by atoms with E-state index >= 15 is 0 Å². The molecule has 1 aromatic heterocycles. The average molecular weight is 578 g/mol. The SMILES string of the molecule is CCNC(=NCc1ccc(N2CCN(C)CC2)nc1)NC1CCN(Cc2ccccc2)CC1.I. The van der Waals surface area contributed by atoms with E-state index in [-0.39, 0.29) is 24.0 Å². The van der Waals surface area contributed by atoms with Gasteiger partial charge in [0.05, 0.1) is 6.54 Å². The molecule has 3 heterocycles. The number of rotatable bonds is 7. The Kier molecular flexibility index (Phi) is 10.9. The number of hydrogen-bond donors (Lipinski definition) is 2. The van der Waals surface area contributed by atoms with Crippen molar-refractivity contribution >= 4 is 35.8 Å². The van der Waals surface area contributed by atoms with Crippen molar-refractivity contribution in [1.29, 1.82) is 0 Å². The standard InChI is InChI=1S/C26H39N7.HI/c1-3-27-26(30-24-11-13-32(14-12-24)21-22-7-5-4-6-8-22)29-20-23-9-10-25(28-19-23)33-17-15-31(2)16-18-33;/h4-10,19,24H,3,11-18,20-21H2,1-2H3,(H2,27,29,30);1H. The lowest BCUT2D eigenvalue weighted by Gasteiger charge is -2.33. The second-order valence-corrected chi connectivity index (χ2v) is 9.19. The van der Waals surface area contributed by atoms with Crippen molar-refractivity contribution in [3.8, 4) is 0 Å². The largest absolute Gasteiger partial charge is 0.357 e. The highest BCUT2D eigenvalue weighted by Crippen LogP contribution is 2.15. The number of nitrogens with zero attached hydrogens (tertiary/aromatic N) is 5. The van der Waals surface area contributed by atoms with Gasteiger partial charge in [-0.05, 0) is 44.0 Å². The van der Waals surface area contributed by atoms with Crippen LogP contribution in [0.5, 0.6) is 0 Å². The minimum Gasteiger partial charge on any atom is -0.357 e. The molecule has 0 bridgehead atoms. The van der Waals surface area contributed by atoms with Gasteiger partial charge in [-0.25, -0.2) is 9.98 Å². The first-order valence-electron chi connectivity index (χ1n) is 12.4. The van der Waals surface area contributed by atoms with Crippen molar-refractivity contribution in [2.45, 2.75) is 38.9 Å². The van der Waals surface area contributed by atoms with Gasteiger partial charge in [-0.2, -0.15) is 0 Å². The van der Waals surface area contributed by atoms with Crippen LogP contribution in [0.3, 0.4) is 0 Å². The number of aromatic nitrogens is 1. The van der Waals surface area contributed by atoms with Gasteiger partial charge in [0.2, 0.25) is 0 Å². The molecule has 0 aliphatic carbocycles. The number of anilines is 1. The minimum absolute atomic E-state index is 0. The van der Waals surface area contributed by atoms with Crippen LogP contribution < -0.4 is 15.5 Å². The van der Waals surface area contributed by atoms with Gasteiger partial charge in [0.1, 0.15) is 5.82 Å². The topological polar surface area (TPSA) is 59.0 Å². The lowest BCUT2D eigenvalue weighted by atomic mass is 10.0. The molecular weight excluding hydrogens is 537 g/mol. The summed E-state index contributed by atoms with van der Waals surface area (Å²) in [5.74, 6) is 1.98. The molecule has 2 fully saturated rings. The second-order valence-electron chi connectivity index (χ2n) is 9.19. The van der Waals surface area contributed by atoms with E-state index < -0.39 is 0 Å². The van der Waals surface area contributed by atoms with E-state index in [1.54, 1.807) is 0 Å². The Balaban J connectivity index is 0.00000324. The summed E-state index contributed by atoms with van der Waals surface area (Å²) in [7, 11) is 2.18. The maximum absolute atomic E-state index is 4.84. The molecule has 4 rings (SSSR count). The molecule has 2 saturated heterocycles. The van der Waals surface area contributed by atoms with E-state index in [4.69, 9.17) is 9.98 Å². The molecule has 7 nitrogen and oxygen atoms in total. The van der Waals surface area contributed by atoms with Crippen LogP contribution in [-0.2, 0) is 13.1 Å². The van der Waals surface area contributed by atoms with Crippen LogP contribution in [0.15, 0.2) is 53.7 Å². The number of piperidine rings is 1. The quantitative estimate of drug-likeness (QED) is 0.300. The lowest BCUT2D eigenvalue weighted by molar-refractivity contribution is 0.198. The number of halogens is 1. The van der Waals surface area contributed by atoms with Crippen LogP contribution in [-0.4, -0.2) is 79.6 Å². The van der Waals surface area contributed by atoms with Crippen LogP contribution in [0, 0.1) is 0 Å². The number of likely N-dealkylation sites (tertiary alicyclic amines) is 1. The van der Waals surface area contributed by atoms with E-state index in [1.165, 1.54) is 5.56 Å². The van der Waals surface area contributed by atoms with Crippen molar-refractivity contribution in [1.82, 2.24) is 25.4 Å². The first-order valence-corrected chi connectivity index (χ1v) is 12.4. The molecule has 0 atom stereocenters. The fourth-order valence-electron chi connectivity index (χ4n) is 4.49. The fraction of sp³-hybridized carbons (Fsp3) is 0.538. The summed E-state index contributed by atoms with van der Waals surface area (Å²) in [6, 6.07) is 15.5. The average Bonchev–Trinajstić information content (AvgIpc) is 2.85. The minimum atomic E-state index is 0. The number of nitrogens with one attached hydrogen (secondary N) is 2. The van der Waals surface area contributed by atoms with Crippen molar-refractivity contribution in [3.05, 3.63) is 59.8 Å². The van der Waals surface area contributed by atoms with Crippen molar-refractivity contribution in [3.63, 3.8) is 0 Å².